The van der Waals surface area contributed by atoms with E-state index in [-0.39, 0.29) is 0 Å². The summed E-state index contributed by atoms with van der Waals surface area (Å²) in [6.45, 7) is 9.70. The molecule has 2 aliphatic rings. The summed E-state index contributed by atoms with van der Waals surface area (Å²) >= 11 is 0. The lowest BCUT2D eigenvalue weighted by Gasteiger charge is -2.40. The van der Waals surface area contributed by atoms with Crippen LogP contribution in [0.5, 0.6) is 0 Å². The molecular weight excluding hydrogens is 240 g/mol. The van der Waals surface area contributed by atoms with Crippen LogP contribution in [0.2, 0.25) is 0 Å². The van der Waals surface area contributed by atoms with Crippen molar-refractivity contribution in [1.82, 2.24) is 10.2 Å². The Hall–Kier alpha value is -0.160. The zero-order valence-corrected chi connectivity index (χ0v) is 12.6. The van der Waals surface area contributed by atoms with Crippen molar-refractivity contribution < 1.29 is 9.47 Å². The molecule has 0 aromatic rings. The van der Waals surface area contributed by atoms with Crippen LogP contribution in [-0.2, 0) is 9.47 Å². The topological polar surface area (TPSA) is 33.7 Å². The van der Waals surface area contributed by atoms with Gasteiger partial charge in [0.05, 0.1) is 12.7 Å². The van der Waals surface area contributed by atoms with Gasteiger partial charge in [0.15, 0.2) is 0 Å². The largest absolute Gasteiger partial charge is 0.381 e. The second kappa shape index (κ2) is 7.58. The zero-order chi connectivity index (χ0) is 13.6. The first kappa shape index (κ1) is 15.2. The van der Waals surface area contributed by atoms with Crippen molar-refractivity contribution in [2.75, 3.05) is 53.0 Å². The van der Waals surface area contributed by atoms with Gasteiger partial charge in [0, 0.05) is 45.3 Å². The Balaban J connectivity index is 1.86. The second-order valence-electron chi connectivity index (χ2n) is 6.21. The van der Waals surface area contributed by atoms with Crippen LogP contribution < -0.4 is 5.32 Å². The van der Waals surface area contributed by atoms with Crippen LogP contribution in [0.1, 0.15) is 32.6 Å². The van der Waals surface area contributed by atoms with E-state index in [2.05, 4.69) is 17.1 Å². The van der Waals surface area contributed by atoms with E-state index in [0.717, 1.165) is 39.4 Å². The van der Waals surface area contributed by atoms with E-state index in [1.165, 1.54) is 32.2 Å². The van der Waals surface area contributed by atoms with E-state index in [9.17, 15) is 0 Å². The molecule has 2 rings (SSSR count). The third-order valence-corrected chi connectivity index (χ3v) is 4.45. The van der Waals surface area contributed by atoms with Gasteiger partial charge < -0.3 is 14.8 Å². The third kappa shape index (κ3) is 4.42. The van der Waals surface area contributed by atoms with Crippen LogP contribution in [0, 0.1) is 5.41 Å². The molecule has 2 heterocycles. The summed E-state index contributed by atoms with van der Waals surface area (Å²) in [6, 6.07) is 0. The molecule has 19 heavy (non-hydrogen) atoms. The fourth-order valence-electron chi connectivity index (χ4n) is 3.37. The van der Waals surface area contributed by atoms with Crippen LogP contribution in [0.4, 0.5) is 0 Å². The van der Waals surface area contributed by atoms with Crippen molar-refractivity contribution in [2.24, 2.45) is 5.41 Å². The predicted octanol–water partition coefficient (Wildman–Crippen LogP) is 1.50. The minimum Gasteiger partial charge on any atom is -0.381 e. The first-order valence-electron chi connectivity index (χ1n) is 7.81. The number of hydrogen-bond acceptors (Lipinski definition) is 4. The van der Waals surface area contributed by atoms with Gasteiger partial charge in [-0.25, -0.2) is 0 Å². The smallest absolute Gasteiger partial charge is 0.0710 e. The summed E-state index contributed by atoms with van der Waals surface area (Å²) in [5, 5.41) is 3.61. The van der Waals surface area contributed by atoms with Gasteiger partial charge in [-0.15, -0.1) is 0 Å². The Morgan fingerprint density at radius 3 is 3.00 bits per heavy atom. The van der Waals surface area contributed by atoms with E-state index in [1.54, 1.807) is 0 Å². The van der Waals surface area contributed by atoms with Gasteiger partial charge in [0.2, 0.25) is 0 Å². The maximum Gasteiger partial charge on any atom is 0.0710 e. The van der Waals surface area contributed by atoms with Gasteiger partial charge in [-0.2, -0.15) is 0 Å². The molecule has 0 amide bonds. The Morgan fingerprint density at radius 1 is 1.47 bits per heavy atom. The molecule has 2 aliphatic heterocycles. The highest BCUT2D eigenvalue weighted by Gasteiger charge is 2.36. The van der Waals surface area contributed by atoms with E-state index in [4.69, 9.17) is 9.47 Å². The molecule has 2 unspecified atom stereocenters. The van der Waals surface area contributed by atoms with Gasteiger partial charge in [-0.05, 0) is 32.2 Å². The summed E-state index contributed by atoms with van der Waals surface area (Å²) in [5.41, 5.74) is 0.316. The number of nitrogens with one attached hydrogen (secondary N) is 1. The number of ether oxygens (including phenoxy) is 2. The van der Waals surface area contributed by atoms with Crippen molar-refractivity contribution in [1.29, 1.82) is 0 Å². The Labute approximate surface area is 117 Å². The standard InChI is InChI=1S/C15H30N2O2/c1-3-7-16-11-15(6-4-9-19-13-15)12-17-8-5-14(10-17)18-2/h14,16H,3-13H2,1-2H3. The molecule has 2 atom stereocenters. The van der Waals surface area contributed by atoms with Crippen LogP contribution in [0.25, 0.3) is 0 Å². The molecule has 112 valence electrons. The quantitative estimate of drug-likeness (QED) is 0.711. The van der Waals surface area contributed by atoms with Crippen LogP contribution in [0.3, 0.4) is 0 Å². The molecular formula is C15H30N2O2. The molecule has 2 fully saturated rings. The summed E-state index contributed by atoms with van der Waals surface area (Å²) in [5.74, 6) is 0. The van der Waals surface area contributed by atoms with Gasteiger partial charge in [0.25, 0.3) is 0 Å². The molecule has 0 aromatic carbocycles. The molecule has 0 bridgehead atoms. The highest BCUT2D eigenvalue weighted by molar-refractivity contribution is 4.89. The lowest BCUT2D eigenvalue weighted by molar-refractivity contribution is -0.0249. The minimum atomic E-state index is 0.316. The molecule has 0 radical (unpaired) electrons. The summed E-state index contributed by atoms with van der Waals surface area (Å²) in [4.78, 5) is 2.57. The highest BCUT2D eigenvalue weighted by atomic mass is 16.5. The Bertz CT molecular complexity index is 255. The van der Waals surface area contributed by atoms with Crippen LogP contribution in [0.15, 0.2) is 0 Å². The van der Waals surface area contributed by atoms with E-state index < -0.39 is 0 Å². The molecule has 0 saturated carbocycles. The average Bonchev–Trinajstić information content (AvgIpc) is 2.87. The molecule has 0 aromatic heterocycles. The maximum atomic E-state index is 5.78. The van der Waals surface area contributed by atoms with Gasteiger partial charge in [-0.3, -0.25) is 4.90 Å². The normalized spacial score (nSPS) is 32.8. The van der Waals surface area contributed by atoms with Crippen molar-refractivity contribution in [3.8, 4) is 0 Å². The van der Waals surface area contributed by atoms with Crippen LogP contribution in [-0.4, -0.2) is 64.1 Å². The summed E-state index contributed by atoms with van der Waals surface area (Å²) < 4.78 is 11.3. The fourth-order valence-corrected chi connectivity index (χ4v) is 3.37. The maximum absolute atomic E-state index is 5.78. The lowest BCUT2D eigenvalue weighted by atomic mass is 9.81. The van der Waals surface area contributed by atoms with Crippen molar-refractivity contribution in [3.05, 3.63) is 0 Å². The summed E-state index contributed by atoms with van der Waals surface area (Å²) in [6.07, 6.45) is 5.31. The van der Waals surface area contributed by atoms with E-state index in [0.29, 0.717) is 11.5 Å². The molecule has 0 spiro atoms. The van der Waals surface area contributed by atoms with Crippen molar-refractivity contribution in [3.63, 3.8) is 0 Å². The lowest BCUT2D eigenvalue weighted by Crippen LogP contribution is -2.48. The second-order valence-corrected chi connectivity index (χ2v) is 6.21. The van der Waals surface area contributed by atoms with E-state index >= 15 is 0 Å². The monoisotopic (exact) mass is 270 g/mol. The number of rotatable bonds is 7. The minimum absolute atomic E-state index is 0.316. The summed E-state index contributed by atoms with van der Waals surface area (Å²) in [7, 11) is 1.83. The average molecular weight is 270 g/mol. The fraction of sp³-hybridized carbons (Fsp3) is 1.00. The number of likely N-dealkylation sites (tertiary alicyclic amines) is 1. The van der Waals surface area contributed by atoms with Gasteiger partial charge in [-0.1, -0.05) is 6.92 Å². The molecule has 4 heteroatoms. The molecule has 4 nitrogen and oxygen atoms in total. The SMILES string of the molecule is CCCNCC1(CN2CCC(OC)C2)CCCOC1. The Morgan fingerprint density at radius 2 is 2.37 bits per heavy atom. The van der Waals surface area contributed by atoms with Gasteiger partial charge >= 0.3 is 0 Å². The number of hydrogen-bond donors (Lipinski definition) is 1. The molecule has 1 N–H and O–H groups in total. The van der Waals surface area contributed by atoms with Crippen LogP contribution >= 0.6 is 0 Å². The van der Waals surface area contributed by atoms with E-state index in [1.807, 2.05) is 7.11 Å². The van der Waals surface area contributed by atoms with Crippen molar-refractivity contribution in [2.45, 2.75) is 38.7 Å². The highest BCUT2D eigenvalue weighted by Crippen LogP contribution is 2.30. The number of nitrogens with zero attached hydrogens (tertiary/aromatic N) is 1. The first-order chi connectivity index (χ1) is 9.28. The molecule has 2 saturated heterocycles. The predicted molar refractivity (Wildman–Crippen MR) is 77.5 cm³/mol. The molecule has 0 aliphatic carbocycles. The van der Waals surface area contributed by atoms with Crippen molar-refractivity contribution >= 4 is 0 Å². The van der Waals surface area contributed by atoms with Gasteiger partial charge in [0.1, 0.15) is 0 Å². The Kier molecular flexibility index (Phi) is 6.07. The number of methoxy groups -OCH3 is 1. The zero-order valence-electron chi connectivity index (χ0n) is 12.6. The first-order valence-corrected chi connectivity index (χ1v) is 7.81. The third-order valence-electron chi connectivity index (χ3n) is 4.45.